The third-order valence-electron chi connectivity index (χ3n) is 6.13. The predicted molar refractivity (Wildman–Crippen MR) is 138 cm³/mol. The van der Waals surface area contributed by atoms with Crippen LogP contribution < -0.4 is 16.4 Å². The zero-order chi connectivity index (χ0) is 26.1. The molecule has 0 saturated carbocycles. The van der Waals surface area contributed by atoms with Crippen molar-refractivity contribution in [1.29, 1.82) is 0 Å². The van der Waals surface area contributed by atoms with Gasteiger partial charge in [0.05, 0.1) is 23.2 Å². The quantitative estimate of drug-likeness (QED) is 0.369. The maximum absolute atomic E-state index is 13.0. The van der Waals surface area contributed by atoms with Gasteiger partial charge in [0.15, 0.2) is 6.10 Å². The molecule has 0 aliphatic rings. The Bertz CT molecular complexity index is 1580. The van der Waals surface area contributed by atoms with Crippen LogP contribution in [0.2, 0.25) is 0 Å². The lowest BCUT2D eigenvalue weighted by molar-refractivity contribution is -0.153. The van der Waals surface area contributed by atoms with Crippen LogP contribution in [0.1, 0.15) is 35.3 Å². The van der Waals surface area contributed by atoms with Gasteiger partial charge >= 0.3 is 5.97 Å². The van der Waals surface area contributed by atoms with Crippen molar-refractivity contribution < 1.29 is 14.3 Å². The highest BCUT2D eigenvalue weighted by atomic mass is 32.1. The number of H-pyrrole nitrogens is 1. The van der Waals surface area contributed by atoms with E-state index in [1.807, 2.05) is 32.0 Å². The van der Waals surface area contributed by atoms with Crippen molar-refractivity contribution in [2.75, 3.05) is 5.32 Å². The highest BCUT2D eigenvalue weighted by Crippen LogP contribution is 2.25. The molecule has 0 radical (unpaired) electrons. The van der Waals surface area contributed by atoms with E-state index >= 15 is 0 Å². The van der Waals surface area contributed by atoms with Crippen LogP contribution in [0.25, 0.3) is 15.9 Å². The number of hydrogen-bond donors (Lipinski definition) is 2. The number of nitrogens with one attached hydrogen (secondary N) is 2. The fourth-order valence-electron chi connectivity index (χ4n) is 3.88. The Morgan fingerprint density at radius 3 is 2.56 bits per heavy atom. The summed E-state index contributed by atoms with van der Waals surface area (Å²) < 4.78 is 8.36. The van der Waals surface area contributed by atoms with Gasteiger partial charge in [-0.05, 0) is 45.4 Å². The summed E-state index contributed by atoms with van der Waals surface area (Å²) >= 11 is 1.43. The number of aromatic nitrogens is 4. The number of carbonyl (C=O) groups excluding carboxylic acids is 2. The van der Waals surface area contributed by atoms with E-state index in [4.69, 9.17) is 4.74 Å². The van der Waals surface area contributed by atoms with Crippen LogP contribution in [-0.4, -0.2) is 37.3 Å². The minimum Gasteiger partial charge on any atom is -0.453 e. The van der Waals surface area contributed by atoms with E-state index in [-0.39, 0.29) is 24.1 Å². The number of thiophene rings is 1. The van der Waals surface area contributed by atoms with Gasteiger partial charge in [-0.15, -0.1) is 11.3 Å². The van der Waals surface area contributed by atoms with Crippen LogP contribution in [0.3, 0.4) is 0 Å². The molecule has 2 N–H and O–H groups in total. The number of fused-ring (bicyclic) bond motifs is 1. The van der Waals surface area contributed by atoms with Crippen LogP contribution >= 0.6 is 11.3 Å². The summed E-state index contributed by atoms with van der Waals surface area (Å²) in [6.45, 7) is 6.96. The first-order valence-corrected chi connectivity index (χ1v) is 12.2. The molecule has 0 fully saturated rings. The summed E-state index contributed by atoms with van der Waals surface area (Å²) in [7, 11) is 1.72. The number of benzene rings is 1. The molecule has 0 saturated heterocycles. The van der Waals surface area contributed by atoms with Crippen LogP contribution in [0.15, 0.2) is 39.9 Å². The molecule has 11 heteroatoms. The zero-order valence-corrected chi connectivity index (χ0v) is 21.5. The van der Waals surface area contributed by atoms with Gasteiger partial charge in [0.2, 0.25) is 0 Å². The van der Waals surface area contributed by atoms with Crippen LogP contribution in [-0.2, 0) is 27.8 Å². The Kier molecular flexibility index (Phi) is 6.93. The van der Waals surface area contributed by atoms with Gasteiger partial charge in [-0.1, -0.05) is 18.2 Å². The van der Waals surface area contributed by atoms with Crippen molar-refractivity contribution in [2.45, 2.75) is 46.6 Å². The summed E-state index contributed by atoms with van der Waals surface area (Å²) in [5, 5.41) is 3.16. The number of nitrogens with zero attached hydrogens (tertiary/aromatic N) is 3. The van der Waals surface area contributed by atoms with Crippen molar-refractivity contribution >= 4 is 39.1 Å². The molecule has 1 unspecified atom stereocenters. The van der Waals surface area contributed by atoms with Crippen molar-refractivity contribution in [3.8, 4) is 5.69 Å². The molecule has 36 heavy (non-hydrogen) atoms. The number of amides is 1. The molecule has 0 bridgehead atoms. The highest BCUT2D eigenvalue weighted by molar-refractivity contribution is 7.18. The number of aromatic amines is 1. The molecule has 3 heterocycles. The fourth-order valence-corrected chi connectivity index (χ4v) is 4.93. The average Bonchev–Trinajstić information content (AvgIpc) is 3.25. The Labute approximate surface area is 210 Å². The molecule has 0 aliphatic carbocycles. The SMILES string of the molecule is Cc1sc2nc(CCC(=O)OC(C)C(=O)Nc3c(C)n(C)n(-c4ccccc4)c3=O)[nH]c(=O)c2c1C. The summed E-state index contributed by atoms with van der Waals surface area (Å²) in [6.07, 6.45) is -1.03. The lowest BCUT2D eigenvalue weighted by atomic mass is 10.2. The molecule has 0 spiro atoms. The Balaban J connectivity index is 1.40. The molecule has 10 nitrogen and oxygen atoms in total. The van der Waals surface area contributed by atoms with E-state index in [0.29, 0.717) is 27.4 Å². The van der Waals surface area contributed by atoms with E-state index in [1.54, 1.807) is 30.8 Å². The fraction of sp³-hybridized carbons (Fsp3) is 0.320. The predicted octanol–water partition coefficient (Wildman–Crippen LogP) is 2.90. The third-order valence-corrected chi connectivity index (χ3v) is 7.24. The summed E-state index contributed by atoms with van der Waals surface area (Å²) in [5.74, 6) is -0.860. The zero-order valence-electron chi connectivity index (χ0n) is 20.7. The van der Waals surface area contributed by atoms with Crippen molar-refractivity contribution in [2.24, 2.45) is 7.05 Å². The van der Waals surface area contributed by atoms with Crippen LogP contribution in [0, 0.1) is 20.8 Å². The molecule has 1 amide bonds. The van der Waals surface area contributed by atoms with Gasteiger partial charge in [-0.2, -0.15) is 0 Å². The van der Waals surface area contributed by atoms with Crippen molar-refractivity contribution in [1.82, 2.24) is 19.3 Å². The average molecular weight is 510 g/mol. The molecular weight excluding hydrogens is 482 g/mol. The van der Waals surface area contributed by atoms with Gasteiger partial charge in [-0.3, -0.25) is 23.9 Å². The first-order chi connectivity index (χ1) is 17.1. The topological polar surface area (TPSA) is 128 Å². The third kappa shape index (κ3) is 4.74. The van der Waals surface area contributed by atoms with Gasteiger partial charge in [0, 0.05) is 18.3 Å². The number of hydrogen-bond acceptors (Lipinski definition) is 7. The van der Waals surface area contributed by atoms with E-state index in [1.165, 1.54) is 22.9 Å². The molecular formula is C25H27N5O5S. The molecule has 1 atom stereocenters. The minimum atomic E-state index is -1.13. The Hall–Kier alpha value is -3.99. The molecule has 188 valence electrons. The van der Waals surface area contributed by atoms with Crippen LogP contribution in [0.4, 0.5) is 5.69 Å². The van der Waals surface area contributed by atoms with Crippen molar-refractivity contribution in [3.05, 3.63) is 73.0 Å². The minimum absolute atomic E-state index is 0.0689. The maximum Gasteiger partial charge on any atom is 0.307 e. The lowest BCUT2D eigenvalue weighted by Crippen LogP contribution is -2.32. The maximum atomic E-state index is 13.0. The van der Waals surface area contributed by atoms with E-state index in [0.717, 1.165) is 10.4 Å². The molecule has 4 aromatic rings. The monoisotopic (exact) mass is 509 g/mol. The van der Waals surface area contributed by atoms with E-state index in [9.17, 15) is 19.2 Å². The first-order valence-electron chi connectivity index (χ1n) is 11.4. The number of carbonyl (C=O) groups is 2. The van der Waals surface area contributed by atoms with Gasteiger partial charge in [0.1, 0.15) is 16.3 Å². The number of rotatable bonds is 7. The van der Waals surface area contributed by atoms with Crippen molar-refractivity contribution in [3.63, 3.8) is 0 Å². The number of aryl methyl sites for hydroxylation is 3. The van der Waals surface area contributed by atoms with Gasteiger partial charge in [0.25, 0.3) is 17.0 Å². The number of esters is 1. The molecule has 3 aromatic heterocycles. The summed E-state index contributed by atoms with van der Waals surface area (Å²) in [5.41, 5.74) is 1.60. The second-order valence-electron chi connectivity index (χ2n) is 8.53. The number of anilines is 1. The normalized spacial score (nSPS) is 12.0. The Morgan fingerprint density at radius 1 is 1.17 bits per heavy atom. The lowest BCUT2D eigenvalue weighted by Gasteiger charge is -2.13. The molecule has 1 aromatic carbocycles. The summed E-state index contributed by atoms with van der Waals surface area (Å²) in [4.78, 5) is 59.3. The Morgan fingerprint density at radius 2 is 1.86 bits per heavy atom. The van der Waals surface area contributed by atoms with Gasteiger partial charge in [-0.25, -0.2) is 9.67 Å². The van der Waals surface area contributed by atoms with Crippen LogP contribution in [0.5, 0.6) is 0 Å². The van der Waals surface area contributed by atoms with E-state index < -0.39 is 23.5 Å². The first kappa shape index (κ1) is 25.1. The summed E-state index contributed by atoms with van der Waals surface area (Å²) in [6, 6.07) is 9.05. The largest absolute Gasteiger partial charge is 0.453 e. The highest BCUT2D eigenvalue weighted by Gasteiger charge is 2.23. The van der Waals surface area contributed by atoms with Gasteiger partial charge < -0.3 is 15.0 Å². The smallest absolute Gasteiger partial charge is 0.307 e. The standard InChI is InChI=1S/C25H27N5O5S/c1-13-16(4)36-24-20(13)23(33)26-18(27-24)11-12-19(31)35-15(3)22(32)28-21-14(2)29(5)30(25(21)34)17-9-7-6-8-10-17/h6-10,15H,11-12H2,1-5H3,(H,28,32)(H,26,27,33). The molecule has 0 aliphatic heterocycles. The van der Waals surface area contributed by atoms with E-state index in [2.05, 4.69) is 15.3 Å². The number of para-hydroxylation sites is 1. The number of ether oxygens (including phenoxy) is 1. The second kappa shape index (κ2) is 9.94. The second-order valence-corrected chi connectivity index (χ2v) is 9.74. The molecule has 4 rings (SSSR count).